The Labute approximate surface area is 786 Å². The Hall–Kier alpha value is 1.24. The van der Waals surface area contributed by atoms with E-state index in [9.17, 15) is 0 Å². The second kappa shape index (κ2) is 107. The molecule has 629 valence electrons. The number of rotatable bonds is 5. The standard InChI is InChI=1S/C21H23N3O.C12H22O.C9H18NO.2C6H11.C3H7.18CH4.6CH3.3BH.3Lr.6Y/c1-12-10-17-8-7-16-6-5-9-23-19(16)20(17)24(11-12)21(23)22-18-13(2)14(3)25-15(18)4;1-8-9(2)13-10(3)12(8)11-6-4-5-7-11;1-5-10-9-6(2)7(3)11-8(9)4;2*1-6-4-2-3-5-6;1-3-2;;;;;;;;;;;;;;;;;;;;;;;;;;;;;;;;;;;;/h5-11,13-15,18,22H,1H2,2-4H3;8-12H,4-7H2,1-3H3;5-10H,1-4H3;2*6H,1-5H2;3H,1-2H3;18*1H4;6*1H3;3*1H;;;;;;;;;/q;;4*-1;;;;;;;;;;;;;;;;;;;6*-1;;;;;;;;;;;;/i;;;;;;;;;;;;;;;;;;;;;;;;;;;;;;3*1D;;;;;;;;;. The minimum Gasteiger partial charge on any atom is -0.465 e. The van der Waals surface area contributed by atoms with Crippen LogP contribution in [-0.4, -0.2) is 77.8 Å². The summed E-state index contributed by atoms with van der Waals surface area (Å²) in [5, 5.41) is 9.58. The van der Waals surface area contributed by atoms with E-state index in [0.29, 0.717) is 42.3 Å². The number of nitrogens with one attached hydrogen (secondary N) is 2. The fraction of sp³-hybridized carbons (Fsp3) is 0.704. The Morgan fingerprint density at radius 1 is 0.450 bits per heavy atom. The summed E-state index contributed by atoms with van der Waals surface area (Å²) in [6.07, 6.45) is 25.4. The van der Waals surface area contributed by atoms with Crippen LogP contribution < -0.4 is 19.4 Å². The molecule has 0 bridgehead atoms. The van der Waals surface area contributed by atoms with Gasteiger partial charge in [0.25, 0.3) is 0 Å². The first kappa shape index (κ1) is 195. The first-order valence-electron chi connectivity index (χ1n) is 27.5. The van der Waals surface area contributed by atoms with Gasteiger partial charge in [0, 0.05) is 240 Å². The molecule has 12 unspecified atom stereocenters. The zero-order chi connectivity index (χ0) is 52.7. The second-order valence-corrected chi connectivity index (χ2v) is 20.7. The molecule has 1 aromatic carbocycles. The second-order valence-electron chi connectivity index (χ2n) is 20.7. The Balaban J connectivity index is -0.0000000194. The Kier molecular flexibility index (Phi) is 208. The first-order valence-corrected chi connectivity index (χ1v) is 25.8. The van der Waals surface area contributed by atoms with Crippen molar-refractivity contribution in [2.45, 2.75) is 343 Å². The number of hydrogen-bond acceptors (Lipinski definition) is 5. The van der Waals surface area contributed by atoms with Crippen LogP contribution in [0.2, 0.25) is 0 Å². The Bertz CT molecular complexity index is 1990. The van der Waals surface area contributed by atoms with Crippen molar-refractivity contribution in [3.05, 3.63) is 127 Å². The molecule has 100 heavy (non-hydrogen) atoms. The van der Waals surface area contributed by atoms with Crippen molar-refractivity contribution in [1.82, 2.24) is 5.32 Å². The average Bonchev–Trinajstić information content (AvgIpc) is 4.26. The molecule has 12 atom stereocenters. The summed E-state index contributed by atoms with van der Waals surface area (Å²) < 4.78 is 37.9. The number of hydrogen-bond donors (Lipinski definition) is 2. The summed E-state index contributed by atoms with van der Waals surface area (Å²) in [4.78, 5) is 0. The SMILES string of the molecule is C.C.C.C.C.C.C.C.C.C.C.C.C.C.C.C.C.C.CC1OC(C)C(C2CCCC2)C1C.C[CH-]C.C[CH-]NC1C(C)OC(C)C1C.[2H][B].[2H][B].[2H][B].[CH2-]C1CCCC1.[CH2-]C1CCCC1.[CH2-]c1cc2ccc3ccc[n+]4c3c2[n+](c1)[c-]4NC1C(C)OC(C)C1C.[CH3-].[CH3-].[CH3-].[CH3-].[CH3-].[CH3-].[Lr].[Lr].[Lr].[Y].[Y].[Y].[Y].[Y].[Y]. The minimum absolute atomic E-state index is 0. The molecule has 3 aliphatic carbocycles. The molecule has 0 amide bonds. The van der Waals surface area contributed by atoms with Crippen LogP contribution in [0.3, 0.4) is 0 Å². The third-order valence-corrected chi connectivity index (χ3v) is 15.6. The molecule has 3 aliphatic heterocycles. The number of nitrogens with zero attached hydrogens (tertiary/aromatic N) is 2. The van der Waals surface area contributed by atoms with Crippen LogP contribution in [0.25, 0.3) is 21.8 Å². The van der Waals surface area contributed by atoms with Crippen LogP contribution in [0.1, 0.15) is 299 Å². The van der Waals surface area contributed by atoms with Crippen molar-refractivity contribution in [3.63, 3.8) is 0 Å². The van der Waals surface area contributed by atoms with Gasteiger partial charge in [-0.05, 0) is 80.7 Å². The van der Waals surface area contributed by atoms with Crippen molar-refractivity contribution < 1.29 is 219 Å². The number of ether oxygens (including phenoxy) is 3. The maximum absolute atomic E-state index is 6.04. The minimum atomic E-state index is 0. The summed E-state index contributed by atoms with van der Waals surface area (Å²) >= 11 is 0. The maximum atomic E-state index is 6.04. The average molecular weight is 2620 g/mol. The van der Waals surface area contributed by atoms with E-state index in [1.807, 2.05) is 33.7 Å². The van der Waals surface area contributed by atoms with E-state index in [1.54, 1.807) is 0 Å². The molecule has 2 N–H and O–H groups in total. The molecule has 15 radical (unpaired) electrons. The molecule has 6 heterocycles. The van der Waals surface area contributed by atoms with E-state index in [-0.39, 0.29) is 393 Å². The third kappa shape index (κ3) is 58.2. The molecule has 3 saturated carbocycles. The van der Waals surface area contributed by atoms with Gasteiger partial charge in [0.05, 0.1) is 36.7 Å². The molecule has 6 fully saturated rings. The van der Waals surface area contributed by atoms with Crippen LogP contribution in [0.15, 0.2) is 42.7 Å². The zero-order valence-corrected chi connectivity index (χ0v) is 78.0. The van der Waals surface area contributed by atoms with Gasteiger partial charge >= 0.3 is 5.95 Å². The quantitative estimate of drug-likeness (QED) is 0.0903. The fourth-order valence-electron chi connectivity index (χ4n) is 11.6. The molecule has 4 aromatic rings. The number of benzene rings is 1. The van der Waals surface area contributed by atoms with Crippen LogP contribution >= 0.6 is 0 Å². The van der Waals surface area contributed by atoms with E-state index in [1.165, 1.54) is 98.9 Å². The normalized spacial score (nSPS) is 21.2. The van der Waals surface area contributed by atoms with Crippen molar-refractivity contribution in [1.29, 1.82) is 4.01 Å². The van der Waals surface area contributed by atoms with Gasteiger partial charge in [-0.2, -0.15) is 45.6 Å². The molecule has 3 saturated heterocycles. The van der Waals surface area contributed by atoms with Gasteiger partial charge in [0.1, 0.15) is 23.2 Å². The number of pyridine rings is 2. The van der Waals surface area contributed by atoms with Gasteiger partial charge in [-0.1, -0.05) is 255 Å². The molecule has 19 heteroatoms. The molecule has 3 aromatic heterocycles. The van der Waals surface area contributed by atoms with Gasteiger partial charge in [0.2, 0.25) is 0 Å². The summed E-state index contributed by atoms with van der Waals surface area (Å²) in [5.74, 6) is 6.32. The fourth-order valence-corrected chi connectivity index (χ4v) is 11.6. The largest absolute Gasteiger partial charge is 0.465 e. The van der Waals surface area contributed by atoms with E-state index in [4.69, 9.17) is 18.2 Å². The van der Waals surface area contributed by atoms with Gasteiger partial charge in [-0.15, -0.1) is 5.56 Å². The van der Waals surface area contributed by atoms with Crippen LogP contribution in [0, 0.1) is 120 Å². The van der Waals surface area contributed by atoms with Crippen molar-refractivity contribution in [2.24, 2.45) is 41.4 Å². The Morgan fingerprint density at radius 2 is 0.750 bits per heavy atom. The van der Waals surface area contributed by atoms with Crippen molar-refractivity contribution in [3.8, 4) is 0 Å². The Morgan fingerprint density at radius 3 is 1.04 bits per heavy atom. The van der Waals surface area contributed by atoms with Gasteiger partial charge in [-0.25, -0.2) is 14.1 Å². The van der Waals surface area contributed by atoms with Crippen LogP contribution in [-0.2, 0) is 210 Å². The first-order chi connectivity index (χ1) is 33.6. The number of anilines is 1. The topological polar surface area (TPSA) is 60.0 Å². The van der Waals surface area contributed by atoms with Gasteiger partial charge < -0.3 is 84.4 Å². The van der Waals surface area contributed by atoms with Crippen molar-refractivity contribution in [2.75, 3.05) is 5.32 Å². The molecular weight excluding hydrogens is 2430 g/mol. The predicted octanol–water partition coefficient (Wildman–Crippen LogP) is 25.1. The van der Waals surface area contributed by atoms with E-state index < -0.39 is 0 Å². The molecule has 7 nitrogen and oxygen atoms in total. The zero-order valence-electron chi connectivity index (χ0n) is 57.6. The summed E-state index contributed by atoms with van der Waals surface area (Å²) in [6, 6.07) is 11.6. The smallest absolute Gasteiger partial charge is 0.459 e. The number of aromatic nitrogens is 2. The van der Waals surface area contributed by atoms with E-state index in [2.05, 4.69) is 170 Å². The van der Waals surface area contributed by atoms with Crippen LogP contribution in [0.5, 0.6) is 0 Å². The molecule has 10 rings (SSSR count). The van der Waals surface area contributed by atoms with Gasteiger partial charge in [-0.3, -0.25) is 6.54 Å². The van der Waals surface area contributed by atoms with Gasteiger partial charge in [0.15, 0.2) is 0 Å². The molecular formula is C81H185B3Lr3N4O3Y6-10. The van der Waals surface area contributed by atoms with E-state index in [0.717, 1.165) is 41.1 Å². The molecule has 0 spiro atoms. The maximum Gasteiger partial charge on any atom is 0.459 e. The number of imidazole rings is 1. The summed E-state index contributed by atoms with van der Waals surface area (Å²) in [7, 11) is 11.2. The summed E-state index contributed by atoms with van der Waals surface area (Å²) in [5.41, 5.74) is 3.49. The summed E-state index contributed by atoms with van der Waals surface area (Å²) in [6.45, 7) is 40.0. The van der Waals surface area contributed by atoms with Crippen molar-refractivity contribution >= 4 is 52.9 Å². The monoisotopic (exact) mass is 2620 g/mol. The van der Waals surface area contributed by atoms with Crippen LogP contribution in [0.4, 0.5) is 5.95 Å². The molecule has 6 aliphatic rings. The third-order valence-electron chi connectivity index (χ3n) is 15.6. The van der Waals surface area contributed by atoms with E-state index >= 15 is 0 Å². The predicted molar refractivity (Wildman–Crippen MR) is 450 cm³/mol.